The summed E-state index contributed by atoms with van der Waals surface area (Å²) in [6, 6.07) is 28.1. The molecule has 0 saturated heterocycles. The van der Waals surface area contributed by atoms with Gasteiger partial charge in [0.25, 0.3) is 0 Å². The van der Waals surface area contributed by atoms with Crippen molar-refractivity contribution in [1.82, 2.24) is 40.8 Å². The second-order valence-electron chi connectivity index (χ2n) is 18.1. The molecule has 0 radical (unpaired) electrons. The first-order valence-corrected chi connectivity index (χ1v) is 24.9. The molecule has 0 N–H and O–H groups in total. The van der Waals surface area contributed by atoms with E-state index in [1.165, 1.54) is 11.1 Å². The van der Waals surface area contributed by atoms with Crippen LogP contribution in [-0.4, -0.2) is 59.5 Å². The molecule has 0 saturated carbocycles. The lowest BCUT2D eigenvalue weighted by atomic mass is 9.71. The van der Waals surface area contributed by atoms with Crippen molar-refractivity contribution >= 4 is 5.97 Å². The Kier molecular flexibility index (Phi) is 15.5. The minimum atomic E-state index is -0.437. The van der Waals surface area contributed by atoms with Crippen molar-refractivity contribution in [2.45, 2.75) is 96.0 Å². The fraction of sp³-hybridized carbons (Fsp3) is 0.293. The largest absolute Gasteiger partial charge is 0.494 e. The van der Waals surface area contributed by atoms with Crippen LogP contribution in [0.1, 0.15) is 94.7 Å². The van der Waals surface area contributed by atoms with Gasteiger partial charge in [0.2, 0.25) is 23.6 Å². The van der Waals surface area contributed by atoms with Crippen molar-refractivity contribution < 1.29 is 31.9 Å². The minimum absolute atomic E-state index is 0.118. The standard InChI is InChI=1S/C58H58N8O7/c1-7-31-58(32-8-2)47-35-41(52-61-65-56(72-52)54-63-59-50(70-54)39-21-19-38(20-22-39)34-37(9-3)10-4)25-29-45(47)46-30-26-42(36-48(46)58)53-62-66-57(73-53)55-64-60-51(71-55)40-23-27-44(28-24-40)68-33-17-15-13-14-16-18-49(67)69-43(11-5)12-6/h9-12,19-30,35-37,43H,3-8,13-18,31-34H2,1-2H3. The molecule has 0 aliphatic heterocycles. The molecule has 0 spiro atoms. The summed E-state index contributed by atoms with van der Waals surface area (Å²) in [6.07, 6.45) is 16.1. The Morgan fingerprint density at radius 3 is 1.42 bits per heavy atom. The Balaban J connectivity index is 0.840. The molecule has 15 nitrogen and oxygen atoms in total. The lowest BCUT2D eigenvalue weighted by molar-refractivity contribution is -0.145. The Morgan fingerprint density at radius 1 is 0.534 bits per heavy atom. The molecular weight excluding hydrogens is 921 g/mol. The van der Waals surface area contributed by atoms with E-state index in [1.807, 2.05) is 72.8 Å². The second kappa shape index (κ2) is 22.8. The number of ether oxygens (including phenoxy) is 2. The van der Waals surface area contributed by atoms with Gasteiger partial charge in [0.1, 0.15) is 11.9 Å². The molecule has 1 aliphatic carbocycles. The summed E-state index contributed by atoms with van der Waals surface area (Å²) < 4.78 is 35.7. The predicted molar refractivity (Wildman–Crippen MR) is 278 cm³/mol. The number of unbranched alkanes of at least 4 members (excludes halogenated alkanes) is 4. The summed E-state index contributed by atoms with van der Waals surface area (Å²) in [5.41, 5.74) is 8.63. The van der Waals surface area contributed by atoms with Gasteiger partial charge < -0.3 is 27.1 Å². The summed E-state index contributed by atoms with van der Waals surface area (Å²) >= 11 is 0. The van der Waals surface area contributed by atoms with Gasteiger partial charge in [-0.2, -0.15) is 0 Å². The van der Waals surface area contributed by atoms with E-state index in [1.54, 1.807) is 12.2 Å². The van der Waals surface area contributed by atoms with E-state index in [0.29, 0.717) is 36.6 Å². The van der Waals surface area contributed by atoms with Crippen LogP contribution < -0.4 is 4.74 Å². The van der Waals surface area contributed by atoms with Crippen molar-refractivity contribution in [3.05, 3.63) is 152 Å². The van der Waals surface area contributed by atoms with Crippen molar-refractivity contribution in [1.29, 1.82) is 0 Å². The van der Waals surface area contributed by atoms with Crippen LogP contribution in [0.2, 0.25) is 0 Å². The smallest absolute Gasteiger partial charge is 0.306 e. The van der Waals surface area contributed by atoms with Crippen LogP contribution >= 0.6 is 0 Å². The molecule has 0 bridgehead atoms. The number of carbonyl (C=O) groups excluding carboxylic acids is 1. The van der Waals surface area contributed by atoms with Crippen LogP contribution in [-0.2, 0) is 21.4 Å². The zero-order chi connectivity index (χ0) is 50.7. The van der Waals surface area contributed by atoms with E-state index >= 15 is 0 Å². The van der Waals surface area contributed by atoms with E-state index in [9.17, 15) is 4.79 Å². The third kappa shape index (κ3) is 11.0. The van der Waals surface area contributed by atoms with Crippen LogP contribution in [0, 0.1) is 5.92 Å². The zero-order valence-electron chi connectivity index (χ0n) is 41.3. The normalized spacial score (nSPS) is 12.4. The fourth-order valence-electron chi connectivity index (χ4n) is 9.49. The minimum Gasteiger partial charge on any atom is -0.494 e. The van der Waals surface area contributed by atoms with Gasteiger partial charge in [-0.1, -0.05) is 95.5 Å². The number of rotatable bonds is 26. The highest BCUT2D eigenvalue weighted by Gasteiger charge is 2.42. The molecule has 4 aromatic heterocycles. The summed E-state index contributed by atoms with van der Waals surface area (Å²) in [6.45, 7) is 20.1. The first-order chi connectivity index (χ1) is 35.8. The maximum Gasteiger partial charge on any atom is 0.306 e. The third-order valence-electron chi connectivity index (χ3n) is 13.2. The quantitative estimate of drug-likeness (QED) is 0.0282. The van der Waals surface area contributed by atoms with Crippen LogP contribution in [0.25, 0.3) is 80.5 Å². The van der Waals surface area contributed by atoms with E-state index < -0.39 is 6.10 Å². The lowest BCUT2D eigenvalue weighted by Gasteiger charge is -2.32. The van der Waals surface area contributed by atoms with Gasteiger partial charge in [0.05, 0.1) is 6.61 Å². The van der Waals surface area contributed by atoms with Crippen LogP contribution in [0.15, 0.2) is 153 Å². The Morgan fingerprint density at radius 2 is 0.959 bits per heavy atom. The van der Waals surface area contributed by atoms with Gasteiger partial charge in [0.15, 0.2) is 0 Å². The molecular formula is C58H58N8O7. The molecule has 0 unspecified atom stereocenters. The third-order valence-corrected chi connectivity index (χ3v) is 13.2. The van der Waals surface area contributed by atoms with Crippen molar-refractivity contribution in [3.8, 4) is 86.3 Å². The summed E-state index contributed by atoms with van der Waals surface area (Å²) in [5.74, 6) is 2.58. The highest BCUT2D eigenvalue weighted by atomic mass is 16.5. The lowest BCUT2D eigenvalue weighted by Crippen LogP contribution is -2.25. The number of allylic oxidation sites excluding steroid dienone is 2. The van der Waals surface area contributed by atoms with Gasteiger partial charge in [0, 0.05) is 34.1 Å². The monoisotopic (exact) mass is 978 g/mol. The van der Waals surface area contributed by atoms with Crippen molar-refractivity contribution in [3.63, 3.8) is 0 Å². The molecule has 1 aliphatic rings. The molecule has 4 aromatic carbocycles. The number of carbonyl (C=O) groups is 1. The van der Waals surface area contributed by atoms with E-state index in [0.717, 1.165) is 109 Å². The van der Waals surface area contributed by atoms with Crippen molar-refractivity contribution in [2.24, 2.45) is 5.92 Å². The predicted octanol–water partition coefficient (Wildman–Crippen LogP) is 13.6. The van der Waals surface area contributed by atoms with Crippen LogP contribution in [0.4, 0.5) is 0 Å². The number of hydrogen-bond acceptors (Lipinski definition) is 15. The average molecular weight is 979 g/mol. The zero-order valence-corrected chi connectivity index (χ0v) is 41.3. The van der Waals surface area contributed by atoms with Gasteiger partial charge in [-0.3, -0.25) is 4.79 Å². The second-order valence-corrected chi connectivity index (χ2v) is 18.1. The Bertz CT molecular complexity index is 3180. The Hall–Kier alpha value is -8.33. The van der Waals surface area contributed by atoms with Gasteiger partial charge >= 0.3 is 29.5 Å². The van der Waals surface area contributed by atoms with Gasteiger partial charge in [-0.05, 0) is 139 Å². The first-order valence-electron chi connectivity index (χ1n) is 24.9. The number of aromatic nitrogens is 8. The number of esters is 1. The highest BCUT2D eigenvalue weighted by molar-refractivity contribution is 5.85. The summed E-state index contributed by atoms with van der Waals surface area (Å²) in [7, 11) is 0. The molecule has 15 heteroatoms. The summed E-state index contributed by atoms with van der Waals surface area (Å²) in [5, 5.41) is 34.5. The van der Waals surface area contributed by atoms with E-state index in [-0.39, 0.29) is 40.9 Å². The molecule has 9 rings (SSSR count). The molecule has 0 amide bonds. The molecule has 0 fully saturated rings. The SMILES string of the molecule is C=CC(C=C)Cc1ccc(-c2nnc(-c3nnc(-c4ccc5c(c4)C(CCC)(CCC)c4cc(-c6nnc(-c7nnc(-c8ccc(OCCCCCCCC(=O)OC(C=C)C=C)cc8)o7)o6)ccc4-5)o3)o2)cc1. The topological polar surface area (TPSA) is 191 Å². The highest BCUT2D eigenvalue weighted by Crippen LogP contribution is 2.55. The number of benzene rings is 4. The maximum absolute atomic E-state index is 11.9. The van der Waals surface area contributed by atoms with Crippen LogP contribution in [0.5, 0.6) is 5.75 Å². The van der Waals surface area contributed by atoms with Crippen LogP contribution in [0.3, 0.4) is 0 Å². The number of nitrogens with zero attached hydrogens (tertiary/aromatic N) is 8. The summed E-state index contributed by atoms with van der Waals surface area (Å²) in [4.78, 5) is 11.9. The number of hydrogen-bond donors (Lipinski definition) is 0. The molecule has 0 atom stereocenters. The molecule has 8 aromatic rings. The molecule has 73 heavy (non-hydrogen) atoms. The van der Waals surface area contributed by atoms with Crippen molar-refractivity contribution in [2.75, 3.05) is 6.61 Å². The van der Waals surface area contributed by atoms with Gasteiger partial charge in [-0.25, -0.2) is 0 Å². The van der Waals surface area contributed by atoms with Gasteiger partial charge in [-0.15, -0.1) is 53.9 Å². The fourth-order valence-corrected chi connectivity index (χ4v) is 9.49. The average Bonchev–Trinajstić information content (AvgIpc) is 4.30. The molecule has 4 heterocycles. The van der Waals surface area contributed by atoms with E-state index in [2.05, 4.69) is 105 Å². The first kappa shape index (κ1) is 49.6. The number of fused-ring (bicyclic) bond motifs is 3. The maximum atomic E-state index is 11.9. The molecule has 372 valence electrons. The Labute approximate surface area is 424 Å². The van der Waals surface area contributed by atoms with E-state index in [4.69, 9.17) is 27.1 Å².